The molecular formula is C16H24N2O5. The molecular weight excluding hydrogens is 300 g/mol. The Morgan fingerprint density at radius 2 is 1.91 bits per heavy atom. The second-order valence-electron chi connectivity index (χ2n) is 5.23. The van der Waals surface area contributed by atoms with Gasteiger partial charge in [0.05, 0.1) is 34.0 Å². The zero-order valence-corrected chi connectivity index (χ0v) is 13.8. The van der Waals surface area contributed by atoms with Crippen molar-refractivity contribution in [3.8, 4) is 17.2 Å². The van der Waals surface area contributed by atoms with Crippen molar-refractivity contribution in [2.75, 3.05) is 46.3 Å². The van der Waals surface area contributed by atoms with Crippen LogP contribution in [0.1, 0.15) is 12.8 Å². The summed E-state index contributed by atoms with van der Waals surface area (Å²) in [5.74, 6) is 1.34. The molecule has 7 nitrogen and oxygen atoms in total. The number of benzene rings is 1. The first kappa shape index (κ1) is 17.4. The first-order valence-corrected chi connectivity index (χ1v) is 7.60. The molecule has 0 spiro atoms. The van der Waals surface area contributed by atoms with E-state index < -0.39 is 0 Å². The summed E-state index contributed by atoms with van der Waals surface area (Å²) >= 11 is 0. The van der Waals surface area contributed by atoms with E-state index in [2.05, 4.69) is 10.6 Å². The Balaban J connectivity index is 1.91. The van der Waals surface area contributed by atoms with Crippen molar-refractivity contribution in [3.05, 3.63) is 12.1 Å². The minimum Gasteiger partial charge on any atom is -0.493 e. The Kier molecular flexibility index (Phi) is 6.49. The fourth-order valence-electron chi connectivity index (χ4n) is 2.51. The summed E-state index contributed by atoms with van der Waals surface area (Å²) in [5, 5.41) is 5.91. The van der Waals surface area contributed by atoms with E-state index in [1.165, 1.54) is 21.3 Å². The number of rotatable bonds is 8. The molecule has 0 saturated carbocycles. The Labute approximate surface area is 136 Å². The second-order valence-corrected chi connectivity index (χ2v) is 5.23. The number of nitrogens with one attached hydrogen (secondary N) is 2. The van der Waals surface area contributed by atoms with Crippen molar-refractivity contribution in [1.82, 2.24) is 5.32 Å². The van der Waals surface area contributed by atoms with Gasteiger partial charge in [0.2, 0.25) is 11.7 Å². The standard InChI is InChI=1S/C16H24N2O5/c1-20-13-7-11(8-14(21-2)16(13)22-3)18-15(19)10-17-9-12-5-4-6-23-12/h7-8,12,17H,4-6,9-10H2,1-3H3,(H,18,19). The molecule has 23 heavy (non-hydrogen) atoms. The third kappa shape index (κ3) is 4.74. The van der Waals surface area contributed by atoms with Crippen LogP contribution in [-0.2, 0) is 9.53 Å². The zero-order chi connectivity index (χ0) is 16.7. The molecule has 1 heterocycles. The molecule has 1 fully saturated rings. The van der Waals surface area contributed by atoms with Gasteiger partial charge in [0.15, 0.2) is 11.5 Å². The first-order valence-electron chi connectivity index (χ1n) is 7.60. The van der Waals surface area contributed by atoms with Crippen LogP contribution in [-0.4, -0.2) is 53.0 Å². The van der Waals surface area contributed by atoms with Gasteiger partial charge in [0.25, 0.3) is 0 Å². The minimum atomic E-state index is -0.141. The molecule has 0 aliphatic carbocycles. The molecule has 0 bridgehead atoms. The summed E-state index contributed by atoms with van der Waals surface area (Å²) in [4.78, 5) is 12.0. The summed E-state index contributed by atoms with van der Waals surface area (Å²) in [6, 6.07) is 3.39. The van der Waals surface area contributed by atoms with Gasteiger partial charge in [-0.3, -0.25) is 4.79 Å². The van der Waals surface area contributed by atoms with Crippen LogP contribution in [0.25, 0.3) is 0 Å². The van der Waals surface area contributed by atoms with Crippen LogP contribution in [0.3, 0.4) is 0 Å². The molecule has 128 valence electrons. The highest BCUT2D eigenvalue weighted by molar-refractivity contribution is 5.93. The SMILES string of the molecule is COc1cc(NC(=O)CNCC2CCCO2)cc(OC)c1OC. The number of amides is 1. The topological polar surface area (TPSA) is 78.1 Å². The zero-order valence-electron chi connectivity index (χ0n) is 13.8. The third-order valence-electron chi connectivity index (χ3n) is 3.63. The molecule has 7 heteroatoms. The summed E-state index contributed by atoms with van der Waals surface area (Å²) < 4.78 is 21.3. The summed E-state index contributed by atoms with van der Waals surface area (Å²) in [7, 11) is 4.60. The first-order chi connectivity index (χ1) is 11.2. The Morgan fingerprint density at radius 3 is 2.43 bits per heavy atom. The molecule has 1 unspecified atom stereocenters. The molecule has 2 N–H and O–H groups in total. The van der Waals surface area contributed by atoms with Crippen LogP contribution < -0.4 is 24.8 Å². The molecule has 0 aromatic heterocycles. The van der Waals surface area contributed by atoms with Crippen molar-refractivity contribution >= 4 is 11.6 Å². The maximum Gasteiger partial charge on any atom is 0.238 e. The van der Waals surface area contributed by atoms with Crippen LogP contribution in [0.5, 0.6) is 17.2 Å². The van der Waals surface area contributed by atoms with Gasteiger partial charge < -0.3 is 29.6 Å². The van der Waals surface area contributed by atoms with E-state index in [0.29, 0.717) is 29.5 Å². The molecule has 1 aliphatic rings. The van der Waals surface area contributed by atoms with Gasteiger partial charge >= 0.3 is 0 Å². The fraction of sp³-hybridized carbons (Fsp3) is 0.562. The monoisotopic (exact) mass is 324 g/mol. The largest absolute Gasteiger partial charge is 0.493 e. The van der Waals surface area contributed by atoms with Gasteiger partial charge in [0, 0.05) is 31.0 Å². The van der Waals surface area contributed by atoms with Crippen molar-refractivity contribution in [2.45, 2.75) is 18.9 Å². The van der Waals surface area contributed by atoms with Gasteiger partial charge in [-0.1, -0.05) is 0 Å². The van der Waals surface area contributed by atoms with Crippen LogP contribution in [0.2, 0.25) is 0 Å². The smallest absolute Gasteiger partial charge is 0.238 e. The number of carbonyl (C=O) groups is 1. The average Bonchev–Trinajstić information content (AvgIpc) is 3.07. The van der Waals surface area contributed by atoms with E-state index in [4.69, 9.17) is 18.9 Å². The second kappa shape index (κ2) is 8.59. The summed E-state index contributed by atoms with van der Waals surface area (Å²) in [6.45, 7) is 1.71. The predicted molar refractivity (Wildman–Crippen MR) is 86.6 cm³/mol. The Morgan fingerprint density at radius 1 is 1.22 bits per heavy atom. The third-order valence-corrected chi connectivity index (χ3v) is 3.63. The fourth-order valence-corrected chi connectivity index (χ4v) is 2.51. The number of ether oxygens (including phenoxy) is 4. The van der Waals surface area contributed by atoms with Gasteiger partial charge in [-0.25, -0.2) is 0 Å². The molecule has 1 saturated heterocycles. The lowest BCUT2D eigenvalue weighted by atomic mass is 10.2. The normalized spacial score (nSPS) is 16.9. The van der Waals surface area contributed by atoms with Crippen molar-refractivity contribution in [2.24, 2.45) is 0 Å². The summed E-state index contributed by atoms with van der Waals surface area (Å²) in [6.07, 6.45) is 2.34. The lowest BCUT2D eigenvalue weighted by molar-refractivity contribution is -0.115. The maximum atomic E-state index is 12.0. The highest BCUT2D eigenvalue weighted by Gasteiger charge is 2.16. The number of anilines is 1. The highest BCUT2D eigenvalue weighted by Crippen LogP contribution is 2.39. The number of carbonyl (C=O) groups excluding carboxylic acids is 1. The molecule has 1 aliphatic heterocycles. The van der Waals surface area contributed by atoms with E-state index >= 15 is 0 Å². The molecule has 2 rings (SSSR count). The highest BCUT2D eigenvalue weighted by atomic mass is 16.5. The molecule has 1 aromatic carbocycles. The van der Waals surface area contributed by atoms with E-state index in [0.717, 1.165) is 19.4 Å². The minimum absolute atomic E-state index is 0.141. The number of hydrogen-bond acceptors (Lipinski definition) is 6. The van der Waals surface area contributed by atoms with Gasteiger partial charge in [-0.2, -0.15) is 0 Å². The van der Waals surface area contributed by atoms with Crippen LogP contribution in [0, 0.1) is 0 Å². The Hall–Kier alpha value is -1.99. The predicted octanol–water partition coefficient (Wildman–Crippen LogP) is 1.42. The van der Waals surface area contributed by atoms with Crippen LogP contribution in [0.15, 0.2) is 12.1 Å². The van der Waals surface area contributed by atoms with E-state index in [9.17, 15) is 4.79 Å². The van der Waals surface area contributed by atoms with Gasteiger partial charge in [-0.05, 0) is 12.8 Å². The molecule has 0 radical (unpaired) electrons. The molecule has 1 aromatic rings. The lowest BCUT2D eigenvalue weighted by Crippen LogP contribution is -2.33. The van der Waals surface area contributed by atoms with E-state index in [1.54, 1.807) is 12.1 Å². The maximum absolute atomic E-state index is 12.0. The number of methoxy groups -OCH3 is 3. The van der Waals surface area contributed by atoms with Crippen LogP contribution >= 0.6 is 0 Å². The van der Waals surface area contributed by atoms with Gasteiger partial charge in [-0.15, -0.1) is 0 Å². The molecule has 1 amide bonds. The lowest BCUT2D eigenvalue weighted by Gasteiger charge is -2.15. The quantitative estimate of drug-likeness (QED) is 0.753. The summed E-state index contributed by atoms with van der Waals surface area (Å²) in [5.41, 5.74) is 0.586. The van der Waals surface area contributed by atoms with E-state index in [-0.39, 0.29) is 18.6 Å². The van der Waals surface area contributed by atoms with Crippen molar-refractivity contribution in [3.63, 3.8) is 0 Å². The van der Waals surface area contributed by atoms with E-state index in [1.807, 2.05) is 0 Å². The van der Waals surface area contributed by atoms with Crippen LogP contribution in [0.4, 0.5) is 5.69 Å². The number of hydrogen-bond donors (Lipinski definition) is 2. The van der Waals surface area contributed by atoms with Crippen molar-refractivity contribution < 1.29 is 23.7 Å². The van der Waals surface area contributed by atoms with Crippen molar-refractivity contribution in [1.29, 1.82) is 0 Å². The molecule has 1 atom stereocenters. The van der Waals surface area contributed by atoms with Gasteiger partial charge in [0.1, 0.15) is 0 Å². The average molecular weight is 324 g/mol. The Bertz CT molecular complexity index is 504.